The van der Waals surface area contributed by atoms with Gasteiger partial charge in [0.05, 0.1) is 40.4 Å². The van der Waals surface area contributed by atoms with Crippen molar-refractivity contribution in [3.05, 3.63) is 21.1 Å². The van der Waals surface area contributed by atoms with Gasteiger partial charge in [-0.2, -0.15) is 5.26 Å². The largest absolute Gasteiger partial charge is 0.489 e. The molecule has 0 aromatic heterocycles. The summed E-state index contributed by atoms with van der Waals surface area (Å²) in [6, 6.07) is 3.71. The van der Waals surface area contributed by atoms with E-state index in [9.17, 15) is 9.90 Å². The Hall–Kier alpha value is -1.53. The van der Waals surface area contributed by atoms with Crippen molar-refractivity contribution < 1.29 is 19.4 Å². The molecule has 0 saturated carbocycles. The number of carbonyl (C=O) groups excluding carboxylic acids is 1. The highest BCUT2D eigenvalue weighted by Gasteiger charge is 2.29. The number of hydrogen-bond donors (Lipinski definition) is 2. The molecule has 9 heteroatoms. The van der Waals surface area contributed by atoms with Crippen molar-refractivity contribution in [3.8, 4) is 17.6 Å². The maximum Gasteiger partial charge on any atom is 0.255 e. The van der Waals surface area contributed by atoms with Crippen molar-refractivity contribution in [2.75, 3.05) is 39.4 Å². The molecule has 2 aliphatic heterocycles. The number of nitrogens with one attached hydrogen (secondary N) is 1. The molecule has 3 rings (SSSR count). The van der Waals surface area contributed by atoms with Crippen molar-refractivity contribution >= 4 is 33.4 Å². The van der Waals surface area contributed by atoms with E-state index in [1.807, 2.05) is 0 Å². The molecule has 29 heavy (non-hydrogen) atoms. The fourth-order valence-corrected chi connectivity index (χ4v) is 4.23. The van der Waals surface area contributed by atoms with E-state index < -0.39 is 6.10 Å². The highest BCUT2D eigenvalue weighted by Crippen LogP contribution is 2.44. The van der Waals surface area contributed by atoms with Crippen LogP contribution < -0.4 is 14.8 Å². The van der Waals surface area contributed by atoms with Gasteiger partial charge in [0.15, 0.2) is 11.5 Å². The second kappa shape index (κ2) is 10.5. The number of aliphatic hydroxyl groups is 1. The molecule has 2 atom stereocenters. The topological polar surface area (TPSA) is 94.8 Å². The zero-order valence-electron chi connectivity index (χ0n) is 16.1. The van der Waals surface area contributed by atoms with Gasteiger partial charge in [-0.15, -0.1) is 0 Å². The van der Waals surface area contributed by atoms with E-state index in [4.69, 9.17) is 26.3 Å². The standard InChI is InChI=1S/C20H25BrClN3O4/c21-17-15(22)10-14(18-19(17)29-9-3-8-28-18)20(27)24-11-13-4-7-25(12-16(13)26)6-2-1-5-23/h10,13,16,26H,1-4,6-9,11-12H2,(H,24,27)/t13-,16?/m0/s1. The van der Waals surface area contributed by atoms with Crippen molar-refractivity contribution in [2.24, 2.45) is 5.92 Å². The van der Waals surface area contributed by atoms with Gasteiger partial charge in [-0.25, -0.2) is 0 Å². The number of nitriles is 1. The quantitative estimate of drug-likeness (QED) is 0.600. The summed E-state index contributed by atoms with van der Waals surface area (Å²) >= 11 is 9.66. The molecule has 1 fully saturated rings. The monoisotopic (exact) mass is 485 g/mol. The number of halogens is 2. The average Bonchev–Trinajstić information content (AvgIpc) is 2.96. The molecule has 7 nitrogen and oxygen atoms in total. The molecule has 2 aliphatic rings. The first-order valence-corrected chi connectivity index (χ1v) is 11.0. The average molecular weight is 487 g/mol. The Bertz CT molecular complexity index is 786. The molecule has 1 amide bonds. The van der Waals surface area contributed by atoms with E-state index in [2.05, 4.69) is 32.2 Å². The van der Waals surface area contributed by atoms with Gasteiger partial charge in [0, 0.05) is 31.8 Å². The summed E-state index contributed by atoms with van der Waals surface area (Å²) in [4.78, 5) is 15.0. The molecule has 2 N–H and O–H groups in total. The molecule has 0 radical (unpaired) electrons. The van der Waals surface area contributed by atoms with Gasteiger partial charge in [0.25, 0.3) is 5.91 Å². The minimum atomic E-state index is -0.517. The SMILES string of the molecule is N#CCCCN1CC[C@@H](CNC(=O)c2cc(Cl)c(Br)c3c2OCCCO3)C(O)C1. The fraction of sp³-hybridized carbons (Fsp3) is 0.600. The van der Waals surface area contributed by atoms with Gasteiger partial charge in [-0.3, -0.25) is 4.79 Å². The lowest BCUT2D eigenvalue weighted by atomic mass is 9.93. The third kappa shape index (κ3) is 5.54. The molecular weight excluding hydrogens is 462 g/mol. The molecule has 1 aromatic carbocycles. The van der Waals surface area contributed by atoms with Crippen LogP contribution >= 0.6 is 27.5 Å². The number of ether oxygens (including phenoxy) is 2. The predicted octanol–water partition coefficient (Wildman–Crippen LogP) is 2.98. The molecule has 158 valence electrons. The van der Waals surface area contributed by atoms with Gasteiger partial charge >= 0.3 is 0 Å². The number of likely N-dealkylation sites (tertiary alicyclic amines) is 1. The zero-order valence-corrected chi connectivity index (χ0v) is 18.5. The number of piperidine rings is 1. The summed E-state index contributed by atoms with van der Waals surface area (Å²) < 4.78 is 12.0. The number of amides is 1. The summed E-state index contributed by atoms with van der Waals surface area (Å²) in [5.41, 5.74) is 0.332. The van der Waals surface area contributed by atoms with Crippen molar-refractivity contribution in [2.45, 2.75) is 31.8 Å². The van der Waals surface area contributed by atoms with E-state index in [1.165, 1.54) is 0 Å². The second-order valence-electron chi connectivity index (χ2n) is 7.32. The first-order valence-electron chi connectivity index (χ1n) is 9.84. The van der Waals surface area contributed by atoms with Crippen LogP contribution in [-0.4, -0.2) is 61.4 Å². The number of carbonyl (C=O) groups is 1. The Morgan fingerprint density at radius 2 is 2.17 bits per heavy atom. The molecule has 1 saturated heterocycles. The Labute approximate surface area is 184 Å². The van der Waals surface area contributed by atoms with E-state index in [0.29, 0.717) is 59.3 Å². The Morgan fingerprint density at radius 1 is 1.41 bits per heavy atom. The minimum Gasteiger partial charge on any atom is -0.489 e. The van der Waals surface area contributed by atoms with Crippen LogP contribution in [0, 0.1) is 17.2 Å². The maximum absolute atomic E-state index is 12.8. The van der Waals surface area contributed by atoms with Gasteiger partial charge in [0.2, 0.25) is 0 Å². The summed E-state index contributed by atoms with van der Waals surface area (Å²) in [6.07, 6.45) is 2.32. The highest BCUT2D eigenvalue weighted by atomic mass is 79.9. The zero-order chi connectivity index (χ0) is 20.8. The lowest BCUT2D eigenvalue weighted by Crippen LogP contribution is -2.47. The number of fused-ring (bicyclic) bond motifs is 1. The molecule has 0 aliphatic carbocycles. The molecular formula is C20H25BrClN3O4. The van der Waals surface area contributed by atoms with Crippen LogP contribution in [0.1, 0.15) is 36.0 Å². The van der Waals surface area contributed by atoms with Crippen LogP contribution in [0.15, 0.2) is 10.5 Å². The van der Waals surface area contributed by atoms with Gasteiger partial charge in [0.1, 0.15) is 0 Å². The van der Waals surface area contributed by atoms with E-state index >= 15 is 0 Å². The van der Waals surface area contributed by atoms with Crippen molar-refractivity contribution in [1.82, 2.24) is 10.2 Å². The maximum atomic E-state index is 12.8. The van der Waals surface area contributed by atoms with Crippen molar-refractivity contribution in [1.29, 1.82) is 5.26 Å². The molecule has 1 unspecified atom stereocenters. The van der Waals surface area contributed by atoms with Crippen molar-refractivity contribution in [3.63, 3.8) is 0 Å². The summed E-state index contributed by atoms with van der Waals surface area (Å²) in [7, 11) is 0. The van der Waals surface area contributed by atoms with E-state index in [-0.39, 0.29) is 11.8 Å². The molecule has 0 bridgehead atoms. The van der Waals surface area contributed by atoms with Gasteiger partial charge in [-0.1, -0.05) is 11.6 Å². The highest BCUT2D eigenvalue weighted by molar-refractivity contribution is 9.10. The lowest BCUT2D eigenvalue weighted by Gasteiger charge is -2.36. The smallest absolute Gasteiger partial charge is 0.255 e. The third-order valence-corrected chi connectivity index (χ3v) is 6.56. The van der Waals surface area contributed by atoms with Crippen LogP contribution in [0.4, 0.5) is 0 Å². The van der Waals surface area contributed by atoms with Gasteiger partial charge in [-0.05, 0) is 47.9 Å². The first kappa shape index (κ1) is 22.2. The first-order chi connectivity index (χ1) is 14.0. The Morgan fingerprint density at radius 3 is 2.90 bits per heavy atom. The Kier molecular flexibility index (Phi) is 8.01. The number of benzene rings is 1. The van der Waals surface area contributed by atoms with Gasteiger partial charge < -0.3 is 24.8 Å². The van der Waals surface area contributed by atoms with E-state index in [0.717, 1.165) is 32.4 Å². The third-order valence-electron chi connectivity index (χ3n) is 5.25. The number of aliphatic hydroxyl groups excluding tert-OH is 1. The summed E-state index contributed by atoms with van der Waals surface area (Å²) in [6.45, 7) is 3.54. The number of rotatable bonds is 6. The summed E-state index contributed by atoms with van der Waals surface area (Å²) in [5, 5.41) is 22.4. The molecule has 0 spiro atoms. The minimum absolute atomic E-state index is 0.0205. The molecule has 1 aromatic rings. The number of β-amino-alcohol motifs (C(OH)–C–C–N with tert-alkyl or cyclic N) is 1. The number of nitrogens with zero attached hydrogens (tertiary/aromatic N) is 2. The number of unbranched alkanes of at least 4 members (excludes halogenated alkanes) is 1. The predicted molar refractivity (Wildman–Crippen MR) is 112 cm³/mol. The number of hydrogen-bond acceptors (Lipinski definition) is 6. The van der Waals surface area contributed by atoms with Crippen LogP contribution in [-0.2, 0) is 0 Å². The summed E-state index contributed by atoms with van der Waals surface area (Å²) in [5.74, 6) is 0.521. The van der Waals surface area contributed by atoms with Crippen LogP contribution in [0.5, 0.6) is 11.5 Å². The lowest BCUT2D eigenvalue weighted by molar-refractivity contribution is 0.0219. The van der Waals surface area contributed by atoms with Crippen LogP contribution in [0.2, 0.25) is 5.02 Å². The Balaban J connectivity index is 1.60. The normalized spacial score (nSPS) is 21.9. The van der Waals surface area contributed by atoms with Crippen LogP contribution in [0.3, 0.4) is 0 Å². The van der Waals surface area contributed by atoms with Crippen LogP contribution in [0.25, 0.3) is 0 Å². The van der Waals surface area contributed by atoms with E-state index in [1.54, 1.807) is 6.07 Å². The molecule has 2 heterocycles. The second-order valence-corrected chi connectivity index (χ2v) is 8.52. The fourth-order valence-electron chi connectivity index (χ4n) is 3.62.